The topological polar surface area (TPSA) is 299 Å². The molecule has 0 aliphatic carbocycles. The van der Waals surface area contributed by atoms with Crippen LogP contribution in [0.5, 0.6) is 5.75 Å². The van der Waals surface area contributed by atoms with Crippen molar-refractivity contribution in [2.45, 2.75) is 118 Å². The molecule has 290 valence electrons. The predicted molar refractivity (Wildman–Crippen MR) is 168 cm³/mol. The number of hydrogen-bond donors (Lipinski definition) is 12. The third kappa shape index (κ3) is 7.93. The molecule has 1 aromatic rings. The van der Waals surface area contributed by atoms with E-state index in [9.17, 15) is 56.2 Å². The van der Waals surface area contributed by atoms with Gasteiger partial charge in [0.25, 0.3) is 0 Å². The maximum atomic E-state index is 11.0. The summed E-state index contributed by atoms with van der Waals surface area (Å²) in [6, 6.07) is 6.34. The fourth-order valence-electron chi connectivity index (χ4n) is 6.68. The predicted octanol–water partition coefficient (Wildman–Crippen LogP) is -4.01. The molecule has 5 rings (SSSR count). The van der Waals surface area contributed by atoms with E-state index in [1.165, 1.54) is 7.11 Å². The van der Waals surface area contributed by atoms with Gasteiger partial charge in [-0.1, -0.05) is 26.0 Å². The summed E-state index contributed by atoms with van der Waals surface area (Å²) in [6.07, 6.45) is -23.2. The number of hydrogen-bond acceptors (Lipinski definition) is 19. The molecule has 4 aliphatic heterocycles. The lowest BCUT2D eigenvalue weighted by Crippen LogP contribution is -2.67. The molecule has 12 N–H and O–H groups in total. The number of aliphatic hydroxyl groups excluding tert-OH is 11. The maximum absolute atomic E-state index is 11.0. The summed E-state index contributed by atoms with van der Waals surface area (Å²) in [4.78, 5) is 0. The van der Waals surface area contributed by atoms with Gasteiger partial charge in [0.2, 0.25) is 12.2 Å². The number of methoxy groups -OCH3 is 1. The molecule has 19 heteroatoms. The fourth-order valence-corrected chi connectivity index (χ4v) is 6.68. The lowest BCUT2D eigenvalue weighted by atomic mass is 9.82. The molecule has 0 saturated carbocycles. The van der Waals surface area contributed by atoms with E-state index in [4.69, 9.17) is 33.2 Å². The van der Waals surface area contributed by atoms with Crippen LogP contribution in [0.4, 0.5) is 0 Å². The summed E-state index contributed by atoms with van der Waals surface area (Å²) < 4.78 is 39.0. The summed E-state index contributed by atoms with van der Waals surface area (Å²) in [7, 11) is 1.24. The zero-order chi connectivity index (χ0) is 37.4. The number of benzene rings is 1. The largest absolute Gasteiger partial charge is 0.506 e. The Morgan fingerprint density at radius 2 is 1.08 bits per heavy atom. The van der Waals surface area contributed by atoms with E-state index in [1.54, 1.807) is 38.1 Å². The van der Waals surface area contributed by atoms with Crippen LogP contribution in [0.25, 0.3) is 0 Å². The molecule has 19 nitrogen and oxygen atoms in total. The number of rotatable bonds is 12. The van der Waals surface area contributed by atoms with E-state index in [0.717, 1.165) is 5.56 Å². The zero-order valence-corrected chi connectivity index (χ0v) is 28.2. The molecule has 16 unspecified atom stereocenters. The van der Waals surface area contributed by atoms with Crippen molar-refractivity contribution in [3.8, 4) is 5.75 Å². The molecule has 4 aliphatic rings. The number of ether oxygens (including phenoxy) is 7. The molecule has 3 fully saturated rings. The average Bonchev–Trinajstić information content (AvgIpc) is 3.31. The molecule has 51 heavy (non-hydrogen) atoms. The second kappa shape index (κ2) is 16.3. The number of nitrogens with one attached hydrogen (secondary N) is 1. The molecule has 0 bridgehead atoms. The van der Waals surface area contributed by atoms with Crippen molar-refractivity contribution >= 4 is 0 Å². The summed E-state index contributed by atoms with van der Waals surface area (Å²) in [6.45, 7) is 1.40. The van der Waals surface area contributed by atoms with E-state index in [0.29, 0.717) is 6.42 Å². The molecule has 0 radical (unpaired) electrons. The van der Waals surface area contributed by atoms with Crippen LogP contribution < -0.4 is 10.1 Å². The summed E-state index contributed by atoms with van der Waals surface area (Å²) in [5.74, 6) is -0.166. The molecular formula is C32H49NO18. The molecule has 0 aromatic heterocycles. The van der Waals surface area contributed by atoms with Crippen molar-refractivity contribution in [2.75, 3.05) is 26.9 Å². The van der Waals surface area contributed by atoms with Crippen molar-refractivity contribution in [3.63, 3.8) is 0 Å². The second-order valence-corrected chi connectivity index (χ2v) is 13.6. The van der Waals surface area contributed by atoms with E-state index in [1.807, 2.05) is 0 Å². The van der Waals surface area contributed by atoms with Crippen molar-refractivity contribution in [1.29, 1.82) is 0 Å². The Kier molecular flexibility index (Phi) is 12.7. The van der Waals surface area contributed by atoms with Crippen LogP contribution in [0.15, 0.2) is 35.9 Å². The highest BCUT2D eigenvalue weighted by atomic mass is 16.8. The highest BCUT2D eigenvalue weighted by Gasteiger charge is 2.54. The standard InChI is InChI=1S/C32H49NO18/c1-32(2)17(33-28(44)27(32)43)8-12-4-6-13(7-5-12)46-29-22(41)19(38)25(15(10-35)48-29)51-31-23(42)20(39)26(16(11-36)49-31)50-30-21(40)18(37)24(45-3)14(9-34)47-30/h4-7,14-26,29-31,33-44H,8-11H2,1-3H3. The van der Waals surface area contributed by atoms with Gasteiger partial charge in [-0.2, -0.15) is 0 Å². The van der Waals surface area contributed by atoms with E-state index < -0.39 is 117 Å². The highest BCUT2D eigenvalue weighted by molar-refractivity contribution is 5.30. The maximum Gasteiger partial charge on any atom is 0.229 e. The highest BCUT2D eigenvalue weighted by Crippen LogP contribution is 2.37. The minimum absolute atomic E-state index is 0.131. The van der Waals surface area contributed by atoms with Gasteiger partial charge in [0.15, 0.2) is 18.3 Å². The lowest BCUT2D eigenvalue weighted by molar-refractivity contribution is -0.377. The summed E-state index contributed by atoms with van der Waals surface area (Å²) in [5.41, 5.74) is 0.120. The Balaban J connectivity index is 1.20. The Bertz CT molecular complexity index is 1310. The van der Waals surface area contributed by atoms with Gasteiger partial charge in [0, 0.05) is 18.6 Å². The third-order valence-corrected chi connectivity index (χ3v) is 9.95. The molecule has 0 amide bonds. The molecule has 4 heterocycles. The number of aliphatic hydroxyl groups is 11. The van der Waals surface area contributed by atoms with Crippen molar-refractivity contribution in [3.05, 3.63) is 41.5 Å². The Morgan fingerprint density at radius 3 is 1.51 bits per heavy atom. The fraction of sp³-hybridized carbons (Fsp3) is 0.750. The minimum atomic E-state index is -1.92. The summed E-state index contributed by atoms with van der Waals surface area (Å²) >= 11 is 0. The molecule has 0 spiro atoms. The lowest BCUT2D eigenvalue weighted by Gasteiger charge is -2.48. The van der Waals surface area contributed by atoms with Crippen LogP contribution in [0, 0.1) is 5.41 Å². The first-order valence-corrected chi connectivity index (χ1v) is 16.5. The monoisotopic (exact) mass is 735 g/mol. The summed E-state index contributed by atoms with van der Waals surface area (Å²) in [5, 5.41) is 118. The van der Waals surface area contributed by atoms with Crippen LogP contribution in [0.3, 0.4) is 0 Å². The zero-order valence-electron chi connectivity index (χ0n) is 28.2. The van der Waals surface area contributed by atoms with E-state index >= 15 is 0 Å². The normalized spacial score (nSPS) is 42.8. The van der Waals surface area contributed by atoms with E-state index in [-0.39, 0.29) is 23.4 Å². The smallest absolute Gasteiger partial charge is 0.229 e. The van der Waals surface area contributed by atoms with Crippen LogP contribution in [0.2, 0.25) is 0 Å². The molecule has 1 aromatic carbocycles. The van der Waals surface area contributed by atoms with Gasteiger partial charge in [-0.15, -0.1) is 0 Å². The van der Waals surface area contributed by atoms with Gasteiger partial charge in [-0.25, -0.2) is 0 Å². The second-order valence-electron chi connectivity index (χ2n) is 13.6. The minimum Gasteiger partial charge on any atom is -0.506 e. The van der Waals surface area contributed by atoms with Gasteiger partial charge in [0.05, 0.1) is 19.8 Å². The first kappa shape index (κ1) is 39.8. The molecule has 16 atom stereocenters. The first-order valence-electron chi connectivity index (χ1n) is 16.5. The van der Waals surface area contributed by atoms with Crippen molar-refractivity contribution in [2.24, 2.45) is 5.41 Å². The van der Waals surface area contributed by atoms with E-state index in [2.05, 4.69) is 5.32 Å². The van der Waals surface area contributed by atoms with Crippen molar-refractivity contribution < 1.29 is 89.3 Å². The SMILES string of the molecule is COC1C(CO)OC(OC2C(CO)OC(OC3C(CO)OC(Oc4ccc(CC5NC(O)=C(O)C5(C)C)cc4)C(O)C3O)C(O)C2O)C(O)C1O. The molecule has 3 saturated heterocycles. The third-order valence-electron chi connectivity index (χ3n) is 9.95. The first-order chi connectivity index (χ1) is 24.2. The van der Waals surface area contributed by atoms with Gasteiger partial charge < -0.3 is 94.6 Å². The van der Waals surface area contributed by atoms with Crippen LogP contribution in [-0.4, -0.2) is 181 Å². The quantitative estimate of drug-likeness (QED) is 0.0973. The van der Waals surface area contributed by atoms with Crippen LogP contribution in [0.1, 0.15) is 19.4 Å². The van der Waals surface area contributed by atoms with Crippen LogP contribution in [-0.2, 0) is 34.8 Å². The Labute approximate surface area is 292 Å². The van der Waals surface area contributed by atoms with Crippen LogP contribution >= 0.6 is 0 Å². The Hall–Kier alpha value is -2.44. The Morgan fingerprint density at radius 1 is 0.647 bits per heavy atom. The van der Waals surface area contributed by atoms with Gasteiger partial charge in [0.1, 0.15) is 79.0 Å². The molecular weight excluding hydrogens is 686 g/mol. The van der Waals surface area contributed by atoms with Gasteiger partial charge in [-0.05, 0) is 24.1 Å². The average molecular weight is 736 g/mol. The van der Waals surface area contributed by atoms with Gasteiger partial charge >= 0.3 is 0 Å². The van der Waals surface area contributed by atoms with Gasteiger partial charge in [-0.3, -0.25) is 0 Å². The van der Waals surface area contributed by atoms with Crippen molar-refractivity contribution in [1.82, 2.24) is 5.32 Å².